The molecule has 0 radical (unpaired) electrons. The zero-order chi connectivity index (χ0) is 12.4. The normalized spacial score (nSPS) is 10.5. The van der Waals surface area contributed by atoms with E-state index < -0.39 is 5.82 Å². The summed E-state index contributed by atoms with van der Waals surface area (Å²) in [7, 11) is 0. The first-order chi connectivity index (χ1) is 8.06. The number of nitrogens with zero attached hydrogens (tertiary/aromatic N) is 2. The maximum atomic E-state index is 13.5. The third-order valence-corrected chi connectivity index (χ3v) is 3.00. The maximum absolute atomic E-state index is 13.5. The Labute approximate surface area is 115 Å². The van der Waals surface area contributed by atoms with Crippen LogP contribution in [0.1, 0.15) is 5.56 Å². The summed E-state index contributed by atoms with van der Waals surface area (Å²) in [5.41, 5.74) is 0.122. The first-order valence-electron chi connectivity index (χ1n) is 4.73. The van der Waals surface area contributed by atoms with E-state index in [1.54, 1.807) is 18.3 Å². The predicted octanol–water partition coefficient (Wildman–Crippen LogP) is 2.69. The molecule has 0 saturated carbocycles. The molecule has 0 aliphatic carbocycles. The molecule has 0 amide bonds. The molecule has 0 aliphatic heterocycles. The molecular weight excluding hydrogens is 357 g/mol. The van der Waals surface area contributed by atoms with Gasteiger partial charge in [-0.15, -0.1) is 0 Å². The van der Waals surface area contributed by atoms with Crippen molar-refractivity contribution in [1.82, 2.24) is 9.78 Å². The van der Waals surface area contributed by atoms with Gasteiger partial charge < -0.3 is 0 Å². The molecule has 1 aromatic heterocycles. The summed E-state index contributed by atoms with van der Waals surface area (Å²) in [6.07, 6.45) is 1.55. The molecule has 6 heteroatoms. The summed E-state index contributed by atoms with van der Waals surface area (Å²) in [4.78, 5) is 11.6. The van der Waals surface area contributed by atoms with Crippen molar-refractivity contribution in [1.29, 1.82) is 0 Å². The highest BCUT2D eigenvalue weighted by Crippen LogP contribution is 2.14. The van der Waals surface area contributed by atoms with Crippen LogP contribution in [0.5, 0.6) is 0 Å². The molecule has 1 heterocycles. The summed E-state index contributed by atoms with van der Waals surface area (Å²) in [6.45, 7) is 0.0960. The summed E-state index contributed by atoms with van der Waals surface area (Å²) in [5.74, 6) is -0.440. The monoisotopic (exact) mass is 364 g/mol. The molecular formula is C11H7ClFIN2O. The van der Waals surface area contributed by atoms with E-state index >= 15 is 0 Å². The molecule has 0 fully saturated rings. The van der Waals surface area contributed by atoms with Gasteiger partial charge in [-0.3, -0.25) is 4.79 Å². The van der Waals surface area contributed by atoms with Gasteiger partial charge in [0.15, 0.2) is 0 Å². The highest BCUT2D eigenvalue weighted by molar-refractivity contribution is 14.1. The van der Waals surface area contributed by atoms with Gasteiger partial charge in [0.05, 0.1) is 12.7 Å². The summed E-state index contributed by atoms with van der Waals surface area (Å²) in [5, 5.41) is 4.26. The second-order valence-corrected chi connectivity index (χ2v) is 5.09. The molecule has 0 unspecified atom stereocenters. The quantitative estimate of drug-likeness (QED) is 0.768. The number of aromatic nitrogens is 2. The Morgan fingerprint density at radius 1 is 1.41 bits per heavy atom. The number of rotatable bonds is 2. The van der Waals surface area contributed by atoms with Gasteiger partial charge in [0, 0.05) is 20.2 Å². The van der Waals surface area contributed by atoms with Gasteiger partial charge in [-0.1, -0.05) is 17.7 Å². The first-order valence-corrected chi connectivity index (χ1v) is 6.18. The summed E-state index contributed by atoms with van der Waals surface area (Å²) >= 11 is 7.64. The van der Waals surface area contributed by atoms with Crippen molar-refractivity contribution in [3.63, 3.8) is 0 Å². The van der Waals surface area contributed by atoms with Crippen molar-refractivity contribution in [3.8, 4) is 0 Å². The first kappa shape index (κ1) is 12.5. The largest absolute Gasteiger partial charge is 0.268 e. The summed E-state index contributed by atoms with van der Waals surface area (Å²) < 4.78 is 15.5. The van der Waals surface area contributed by atoms with E-state index in [1.165, 1.54) is 16.8 Å². The lowest BCUT2D eigenvalue weighted by molar-refractivity contribution is 0.571. The van der Waals surface area contributed by atoms with Gasteiger partial charge in [0.25, 0.3) is 5.56 Å². The maximum Gasteiger partial charge on any atom is 0.268 e. The molecule has 0 aliphatic rings. The van der Waals surface area contributed by atoms with Gasteiger partial charge in [-0.05, 0) is 34.7 Å². The van der Waals surface area contributed by atoms with Crippen LogP contribution in [0.2, 0.25) is 5.02 Å². The Kier molecular flexibility index (Phi) is 3.78. The smallest absolute Gasteiger partial charge is 0.268 e. The van der Waals surface area contributed by atoms with Crippen LogP contribution in [0, 0.1) is 9.39 Å². The van der Waals surface area contributed by atoms with Crippen LogP contribution in [-0.2, 0) is 6.54 Å². The third-order valence-electron chi connectivity index (χ3n) is 2.17. The zero-order valence-electron chi connectivity index (χ0n) is 8.53. The number of hydrogen-bond donors (Lipinski definition) is 0. The van der Waals surface area contributed by atoms with Gasteiger partial charge in [0.1, 0.15) is 5.82 Å². The molecule has 0 bridgehead atoms. The lowest BCUT2D eigenvalue weighted by atomic mass is 10.2. The van der Waals surface area contributed by atoms with Crippen LogP contribution >= 0.6 is 34.2 Å². The minimum Gasteiger partial charge on any atom is -0.268 e. The topological polar surface area (TPSA) is 34.9 Å². The third kappa shape index (κ3) is 3.04. The molecule has 0 spiro atoms. The molecule has 2 rings (SSSR count). The molecule has 0 atom stereocenters. The van der Waals surface area contributed by atoms with E-state index in [9.17, 15) is 9.18 Å². The van der Waals surface area contributed by atoms with Crippen molar-refractivity contribution in [2.45, 2.75) is 6.54 Å². The van der Waals surface area contributed by atoms with Crippen LogP contribution in [0.3, 0.4) is 0 Å². The van der Waals surface area contributed by atoms with Crippen molar-refractivity contribution >= 4 is 34.2 Å². The van der Waals surface area contributed by atoms with Gasteiger partial charge in [-0.25, -0.2) is 9.07 Å². The fourth-order valence-corrected chi connectivity index (χ4v) is 1.89. The van der Waals surface area contributed by atoms with Crippen LogP contribution in [0.15, 0.2) is 35.3 Å². The van der Waals surface area contributed by atoms with E-state index in [1.807, 2.05) is 22.6 Å². The average molecular weight is 365 g/mol. The minimum atomic E-state index is -0.440. The number of benzene rings is 1. The molecule has 3 nitrogen and oxygen atoms in total. The molecule has 1 aromatic carbocycles. The van der Waals surface area contributed by atoms with Gasteiger partial charge in [0.2, 0.25) is 0 Å². The Balaban J connectivity index is 2.35. The molecule has 0 N–H and O–H groups in total. The number of hydrogen-bond acceptors (Lipinski definition) is 2. The Morgan fingerprint density at radius 3 is 2.82 bits per heavy atom. The molecule has 17 heavy (non-hydrogen) atoms. The fraction of sp³-hybridized carbons (Fsp3) is 0.0909. The van der Waals surface area contributed by atoms with Crippen molar-refractivity contribution in [3.05, 3.63) is 60.8 Å². The van der Waals surface area contributed by atoms with Crippen molar-refractivity contribution < 1.29 is 4.39 Å². The minimum absolute atomic E-state index is 0.0960. The van der Waals surface area contributed by atoms with E-state index in [0.29, 0.717) is 10.6 Å². The standard InChI is InChI=1S/C11H7ClFIN2O/c12-8-2-1-7(10(13)3-8)6-16-11(17)4-9(14)5-15-16/h1-5H,6H2. The SMILES string of the molecule is O=c1cc(I)cnn1Cc1ccc(Cl)cc1F. The van der Waals surface area contributed by atoms with E-state index in [2.05, 4.69) is 5.10 Å². The van der Waals surface area contributed by atoms with Crippen LogP contribution in [0.25, 0.3) is 0 Å². The zero-order valence-corrected chi connectivity index (χ0v) is 11.4. The van der Waals surface area contributed by atoms with E-state index in [0.717, 1.165) is 3.57 Å². The second-order valence-electron chi connectivity index (χ2n) is 3.41. The highest BCUT2D eigenvalue weighted by Gasteiger charge is 2.06. The summed E-state index contributed by atoms with van der Waals surface area (Å²) in [6, 6.07) is 5.79. The van der Waals surface area contributed by atoms with E-state index in [4.69, 9.17) is 11.6 Å². The van der Waals surface area contributed by atoms with Crippen LogP contribution in [0.4, 0.5) is 4.39 Å². The Bertz CT molecular complexity index is 615. The van der Waals surface area contributed by atoms with Crippen molar-refractivity contribution in [2.24, 2.45) is 0 Å². The van der Waals surface area contributed by atoms with E-state index in [-0.39, 0.29) is 12.1 Å². The Morgan fingerprint density at radius 2 is 2.18 bits per heavy atom. The van der Waals surface area contributed by atoms with Crippen molar-refractivity contribution in [2.75, 3.05) is 0 Å². The molecule has 0 saturated heterocycles. The predicted molar refractivity (Wildman–Crippen MR) is 71.7 cm³/mol. The van der Waals surface area contributed by atoms with Crippen LogP contribution < -0.4 is 5.56 Å². The molecule has 88 valence electrons. The highest BCUT2D eigenvalue weighted by atomic mass is 127. The second kappa shape index (κ2) is 5.14. The van der Waals surface area contributed by atoms with Gasteiger partial charge >= 0.3 is 0 Å². The fourth-order valence-electron chi connectivity index (χ4n) is 1.34. The Hall–Kier alpha value is -0.950. The lowest BCUT2D eigenvalue weighted by Crippen LogP contribution is -2.23. The lowest BCUT2D eigenvalue weighted by Gasteiger charge is -2.05. The molecule has 2 aromatic rings. The van der Waals surface area contributed by atoms with Crippen LogP contribution in [-0.4, -0.2) is 9.78 Å². The average Bonchev–Trinajstić information content (AvgIpc) is 2.25. The van der Waals surface area contributed by atoms with Gasteiger partial charge in [-0.2, -0.15) is 5.10 Å². The number of halogens is 3.